The maximum absolute atomic E-state index is 11.7. The van der Waals surface area contributed by atoms with E-state index in [-0.39, 0.29) is 24.0 Å². The molecule has 0 saturated heterocycles. The van der Waals surface area contributed by atoms with E-state index in [0.717, 1.165) is 0 Å². The molecule has 0 aromatic heterocycles. The number of esters is 1. The summed E-state index contributed by atoms with van der Waals surface area (Å²) in [5, 5.41) is 10.0. The highest BCUT2D eigenvalue weighted by atomic mass is 32.2. The third kappa shape index (κ3) is 6.17. The Morgan fingerprint density at radius 3 is 2.29 bits per heavy atom. The Hall–Kier alpha value is -2.13. The largest absolute Gasteiger partial charge is 0.463 e. The lowest BCUT2D eigenvalue weighted by Gasteiger charge is -2.20. The molecule has 9 heteroatoms. The molecule has 24 heavy (non-hydrogen) atoms. The molecule has 0 spiro atoms. The molecule has 0 heterocycles. The van der Waals surface area contributed by atoms with Crippen LogP contribution in [0, 0.1) is 5.41 Å². The molecule has 0 aliphatic heterocycles. The average Bonchev–Trinajstić information content (AvgIpc) is 2.50. The molecule has 2 amide bonds. The predicted octanol–water partition coefficient (Wildman–Crippen LogP) is 1.43. The van der Waals surface area contributed by atoms with Crippen molar-refractivity contribution in [3.05, 3.63) is 24.3 Å². The topological polar surface area (TPSA) is 128 Å². The van der Waals surface area contributed by atoms with Crippen molar-refractivity contribution < 1.29 is 22.7 Å². The third-order valence-electron chi connectivity index (χ3n) is 3.50. The van der Waals surface area contributed by atoms with Gasteiger partial charge in [-0.2, -0.15) is 0 Å². The zero-order valence-electron chi connectivity index (χ0n) is 14.0. The fourth-order valence-corrected chi connectivity index (χ4v) is 2.07. The number of rotatable bonds is 7. The van der Waals surface area contributed by atoms with Gasteiger partial charge in [0.15, 0.2) is 0 Å². The molecule has 0 unspecified atom stereocenters. The van der Waals surface area contributed by atoms with Crippen LogP contribution in [0.15, 0.2) is 29.2 Å². The Morgan fingerprint density at radius 1 is 1.21 bits per heavy atom. The van der Waals surface area contributed by atoms with Crippen molar-refractivity contribution in [1.82, 2.24) is 5.32 Å². The van der Waals surface area contributed by atoms with Crippen molar-refractivity contribution in [2.45, 2.75) is 32.1 Å². The summed E-state index contributed by atoms with van der Waals surface area (Å²) in [5.74, 6) is -0.314. The normalized spacial score (nSPS) is 11.7. The molecule has 0 aliphatic rings. The van der Waals surface area contributed by atoms with Gasteiger partial charge in [0.05, 0.1) is 16.9 Å². The van der Waals surface area contributed by atoms with Crippen LogP contribution in [0.5, 0.6) is 0 Å². The number of hydrogen-bond acceptors (Lipinski definition) is 5. The molecule has 0 saturated carbocycles. The predicted molar refractivity (Wildman–Crippen MR) is 89.9 cm³/mol. The number of hydrogen-bond donors (Lipinski definition) is 3. The van der Waals surface area contributed by atoms with Crippen molar-refractivity contribution in [3.8, 4) is 0 Å². The van der Waals surface area contributed by atoms with Crippen LogP contribution in [-0.2, 0) is 19.6 Å². The minimum absolute atomic E-state index is 0.0427. The Morgan fingerprint density at radius 2 is 1.79 bits per heavy atom. The van der Waals surface area contributed by atoms with Gasteiger partial charge < -0.3 is 15.4 Å². The summed E-state index contributed by atoms with van der Waals surface area (Å²) >= 11 is 0. The average molecular weight is 357 g/mol. The number of anilines is 1. The van der Waals surface area contributed by atoms with Gasteiger partial charge in [-0.1, -0.05) is 6.92 Å². The number of primary sulfonamides is 1. The van der Waals surface area contributed by atoms with Crippen molar-refractivity contribution >= 4 is 27.7 Å². The zero-order chi connectivity index (χ0) is 18.4. The zero-order valence-corrected chi connectivity index (χ0v) is 14.8. The van der Waals surface area contributed by atoms with E-state index in [4.69, 9.17) is 9.88 Å². The molecular formula is C15H23N3O5S. The molecule has 8 nitrogen and oxygen atoms in total. The summed E-state index contributed by atoms with van der Waals surface area (Å²) in [5.41, 5.74) is -0.142. The Bertz CT molecular complexity index is 684. The first-order chi connectivity index (χ1) is 11.1. The molecule has 0 aliphatic carbocycles. The number of urea groups is 1. The van der Waals surface area contributed by atoms with E-state index in [1.54, 1.807) is 13.8 Å². The van der Waals surface area contributed by atoms with E-state index < -0.39 is 21.5 Å². The van der Waals surface area contributed by atoms with Crippen LogP contribution >= 0.6 is 0 Å². The molecule has 134 valence electrons. The van der Waals surface area contributed by atoms with Crippen LogP contribution in [0.4, 0.5) is 10.5 Å². The molecule has 0 radical (unpaired) electrons. The Kier molecular flexibility index (Phi) is 6.73. The lowest BCUT2D eigenvalue weighted by Crippen LogP contribution is -2.34. The summed E-state index contributed by atoms with van der Waals surface area (Å²) in [6.07, 6.45) is 0.661. The first-order valence-electron chi connectivity index (χ1n) is 7.41. The molecule has 0 bridgehead atoms. The van der Waals surface area contributed by atoms with Crippen molar-refractivity contribution in [2.75, 3.05) is 18.5 Å². The summed E-state index contributed by atoms with van der Waals surface area (Å²) in [6, 6.07) is 4.93. The molecule has 0 atom stereocenters. The molecule has 0 fully saturated rings. The summed E-state index contributed by atoms with van der Waals surface area (Å²) in [6.45, 7) is 5.71. The summed E-state index contributed by atoms with van der Waals surface area (Å²) in [4.78, 5) is 23.4. The van der Waals surface area contributed by atoms with E-state index in [0.29, 0.717) is 12.1 Å². The second kappa shape index (κ2) is 8.11. The highest BCUT2D eigenvalue weighted by Crippen LogP contribution is 2.21. The first kappa shape index (κ1) is 19.9. The number of carbonyl (C=O) groups excluding carboxylic acids is 2. The second-order valence-corrected chi connectivity index (χ2v) is 7.39. The van der Waals surface area contributed by atoms with Crippen LogP contribution in [0.1, 0.15) is 27.2 Å². The van der Waals surface area contributed by atoms with Crippen molar-refractivity contribution in [3.63, 3.8) is 0 Å². The van der Waals surface area contributed by atoms with E-state index in [1.807, 2.05) is 6.92 Å². The number of nitrogens with two attached hydrogens (primary N) is 1. The number of ether oxygens (including phenoxy) is 1. The second-order valence-electron chi connectivity index (χ2n) is 5.82. The third-order valence-corrected chi connectivity index (χ3v) is 4.43. The van der Waals surface area contributed by atoms with E-state index in [1.165, 1.54) is 24.3 Å². The lowest BCUT2D eigenvalue weighted by molar-refractivity contribution is -0.153. The smallest absolute Gasteiger partial charge is 0.319 e. The highest BCUT2D eigenvalue weighted by molar-refractivity contribution is 7.89. The molecule has 4 N–H and O–H groups in total. The van der Waals surface area contributed by atoms with Crippen LogP contribution in [-0.4, -0.2) is 33.6 Å². The van der Waals surface area contributed by atoms with Crippen LogP contribution < -0.4 is 15.8 Å². The first-order valence-corrected chi connectivity index (χ1v) is 8.96. The van der Waals surface area contributed by atoms with Gasteiger partial charge in [-0.15, -0.1) is 0 Å². The quantitative estimate of drug-likeness (QED) is 0.502. The number of sulfonamides is 1. The van der Waals surface area contributed by atoms with Crippen molar-refractivity contribution in [1.29, 1.82) is 0 Å². The SMILES string of the molecule is CCC(C)(C)C(=O)OCCNC(=O)Nc1ccc(S(N)(=O)=O)cc1. The Balaban J connectivity index is 2.38. The van der Waals surface area contributed by atoms with Gasteiger partial charge in [-0.3, -0.25) is 4.79 Å². The van der Waals surface area contributed by atoms with E-state index in [2.05, 4.69) is 10.6 Å². The van der Waals surface area contributed by atoms with Gasteiger partial charge >= 0.3 is 12.0 Å². The van der Waals surface area contributed by atoms with Gasteiger partial charge in [0.1, 0.15) is 6.61 Å². The van der Waals surface area contributed by atoms with Gasteiger partial charge in [-0.05, 0) is 44.5 Å². The van der Waals surface area contributed by atoms with E-state index in [9.17, 15) is 18.0 Å². The van der Waals surface area contributed by atoms with Crippen LogP contribution in [0.3, 0.4) is 0 Å². The van der Waals surface area contributed by atoms with Gasteiger partial charge in [0, 0.05) is 5.69 Å². The lowest BCUT2D eigenvalue weighted by atomic mass is 9.91. The maximum atomic E-state index is 11.7. The Labute approximate surface area is 141 Å². The number of benzene rings is 1. The monoisotopic (exact) mass is 357 g/mol. The van der Waals surface area contributed by atoms with Gasteiger partial charge in [-0.25, -0.2) is 18.4 Å². The molecular weight excluding hydrogens is 334 g/mol. The van der Waals surface area contributed by atoms with Crippen molar-refractivity contribution in [2.24, 2.45) is 10.6 Å². The fourth-order valence-electron chi connectivity index (χ4n) is 1.55. The minimum atomic E-state index is -3.76. The highest BCUT2D eigenvalue weighted by Gasteiger charge is 2.26. The van der Waals surface area contributed by atoms with Crippen LogP contribution in [0.25, 0.3) is 0 Å². The number of carbonyl (C=O) groups is 2. The van der Waals surface area contributed by atoms with E-state index >= 15 is 0 Å². The van der Waals surface area contributed by atoms with Gasteiger partial charge in [0.2, 0.25) is 10.0 Å². The summed E-state index contributed by atoms with van der Waals surface area (Å²) < 4.78 is 27.3. The number of nitrogens with one attached hydrogen (secondary N) is 2. The fraction of sp³-hybridized carbons (Fsp3) is 0.467. The van der Waals surface area contributed by atoms with Crippen LogP contribution in [0.2, 0.25) is 0 Å². The molecule has 1 aromatic rings. The minimum Gasteiger partial charge on any atom is -0.463 e. The molecule has 1 aromatic carbocycles. The number of amides is 2. The standard InChI is InChI=1S/C15H23N3O5S/c1-4-15(2,3)13(19)23-10-9-17-14(20)18-11-5-7-12(8-6-11)24(16,21)22/h5-8H,4,9-10H2,1-3H3,(H2,16,21,22)(H2,17,18,20). The summed E-state index contributed by atoms with van der Waals surface area (Å²) in [7, 11) is -3.76. The molecule has 1 rings (SSSR count). The maximum Gasteiger partial charge on any atom is 0.319 e. The van der Waals surface area contributed by atoms with Gasteiger partial charge in [0.25, 0.3) is 0 Å².